The molecule has 0 saturated heterocycles. The number of rotatable bonds is 3. The van der Waals surface area contributed by atoms with E-state index >= 15 is 0 Å². The molecule has 5 heteroatoms. The zero-order chi connectivity index (χ0) is 14.4. The quantitative estimate of drug-likeness (QED) is 0.944. The van der Waals surface area contributed by atoms with E-state index in [-0.39, 0.29) is 17.7 Å². The molecule has 0 aromatic carbocycles. The summed E-state index contributed by atoms with van der Waals surface area (Å²) in [6.07, 6.45) is 5.58. The van der Waals surface area contributed by atoms with E-state index in [9.17, 15) is 10.1 Å². The number of anilines is 1. The van der Waals surface area contributed by atoms with Gasteiger partial charge in [0.15, 0.2) is 0 Å². The molecule has 2 aromatic rings. The lowest BCUT2D eigenvalue weighted by Crippen LogP contribution is -2.14. The lowest BCUT2D eigenvalue weighted by molar-refractivity contribution is -0.117. The van der Waals surface area contributed by atoms with Gasteiger partial charge in [-0.3, -0.25) is 4.79 Å². The lowest BCUT2D eigenvalue weighted by Gasteiger charge is -2.03. The monoisotopic (exact) mass is 298 g/mol. The minimum absolute atomic E-state index is 0.00724. The SMILES string of the molecule is N#Cc1c(NC(=O)C2CC2c2ccco2)sc2c1CCC2. The van der Waals surface area contributed by atoms with Crippen LogP contribution in [0, 0.1) is 17.2 Å². The lowest BCUT2D eigenvalue weighted by atomic mass is 10.1. The Morgan fingerprint density at radius 3 is 3.14 bits per heavy atom. The molecule has 0 spiro atoms. The first kappa shape index (κ1) is 12.7. The van der Waals surface area contributed by atoms with Gasteiger partial charge in [-0.1, -0.05) is 0 Å². The third kappa shape index (κ3) is 2.07. The summed E-state index contributed by atoms with van der Waals surface area (Å²) in [5.41, 5.74) is 1.83. The molecule has 106 valence electrons. The molecular formula is C16H14N2O2S. The first-order valence-corrected chi connectivity index (χ1v) is 7.98. The predicted octanol–water partition coefficient (Wildman–Crippen LogP) is 3.44. The van der Waals surface area contributed by atoms with Crippen molar-refractivity contribution in [3.63, 3.8) is 0 Å². The summed E-state index contributed by atoms with van der Waals surface area (Å²) in [4.78, 5) is 13.6. The van der Waals surface area contributed by atoms with Crippen molar-refractivity contribution in [2.45, 2.75) is 31.6 Å². The maximum absolute atomic E-state index is 12.3. The molecule has 4 rings (SSSR count). The van der Waals surface area contributed by atoms with Gasteiger partial charge in [0, 0.05) is 16.7 Å². The second kappa shape index (κ2) is 4.74. The molecule has 2 aliphatic carbocycles. The van der Waals surface area contributed by atoms with Gasteiger partial charge >= 0.3 is 0 Å². The topological polar surface area (TPSA) is 66.0 Å². The zero-order valence-corrected chi connectivity index (χ0v) is 12.2. The van der Waals surface area contributed by atoms with E-state index in [1.54, 1.807) is 17.6 Å². The number of aryl methyl sites for hydroxylation is 1. The summed E-state index contributed by atoms with van der Waals surface area (Å²) in [6, 6.07) is 6.02. The highest BCUT2D eigenvalue weighted by Gasteiger charge is 2.46. The van der Waals surface area contributed by atoms with E-state index in [0.29, 0.717) is 5.56 Å². The van der Waals surface area contributed by atoms with E-state index in [1.165, 1.54) is 4.88 Å². The number of hydrogen-bond donors (Lipinski definition) is 1. The number of carbonyl (C=O) groups excluding carboxylic acids is 1. The number of amides is 1. The van der Waals surface area contributed by atoms with Gasteiger partial charge in [-0.05, 0) is 43.4 Å². The van der Waals surface area contributed by atoms with E-state index in [4.69, 9.17) is 4.42 Å². The first-order valence-electron chi connectivity index (χ1n) is 7.17. The normalized spacial score (nSPS) is 22.6. The molecule has 0 aliphatic heterocycles. The van der Waals surface area contributed by atoms with Crippen LogP contribution in [0.2, 0.25) is 0 Å². The first-order chi connectivity index (χ1) is 10.3. The number of thiophene rings is 1. The number of nitriles is 1. The molecule has 1 amide bonds. The number of nitrogens with zero attached hydrogens (tertiary/aromatic N) is 1. The maximum Gasteiger partial charge on any atom is 0.228 e. The second-order valence-electron chi connectivity index (χ2n) is 5.63. The largest absolute Gasteiger partial charge is 0.469 e. The summed E-state index contributed by atoms with van der Waals surface area (Å²) in [7, 11) is 0. The Morgan fingerprint density at radius 2 is 2.38 bits per heavy atom. The number of nitrogens with one attached hydrogen (secondary N) is 1. The fourth-order valence-corrected chi connectivity index (χ4v) is 4.36. The number of hydrogen-bond acceptors (Lipinski definition) is 4. The summed E-state index contributed by atoms with van der Waals surface area (Å²) >= 11 is 1.57. The highest BCUT2D eigenvalue weighted by atomic mass is 32.1. The third-order valence-electron chi connectivity index (χ3n) is 4.31. The van der Waals surface area contributed by atoms with Crippen LogP contribution in [0.4, 0.5) is 5.00 Å². The van der Waals surface area contributed by atoms with Crippen LogP contribution in [0.25, 0.3) is 0 Å². The fraction of sp³-hybridized carbons (Fsp3) is 0.375. The Balaban J connectivity index is 1.50. The molecular weight excluding hydrogens is 284 g/mol. The molecule has 4 nitrogen and oxygen atoms in total. The van der Waals surface area contributed by atoms with Crippen molar-refractivity contribution >= 4 is 22.2 Å². The van der Waals surface area contributed by atoms with Crippen LogP contribution >= 0.6 is 11.3 Å². The van der Waals surface area contributed by atoms with Crippen molar-refractivity contribution in [3.8, 4) is 6.07 Å². The van der Waals surface area contributed by atoms with Crippen LogP contribution in [0.3, 0.4) is 0 Å². The number of fused-ring (bicyclic) bond motifs is 1. The zero-order valence-electron chi connectivity index (χ0n) is 11.4. The minimum Gasteiger partial charge on any atom is -0.469 e. The van der Waals surface area contributed by atoms with Gasteiger partial charge in [-0.25, -0.2) is 0 Å². The molecule has 2 heterocycles. The van der Waals surface area contributed by atoms with Crippen LogP contribution in [-0.4, -0.2) is 5.91 Å². The van der Waals surface area contributed by atoms with Gasteiger partial charge in [-0.2, -0.15) is 5.26 Å². The van der Waals surface area contributed by atoms with Gasteiger partial charge < -0.3 is 9.73 Å². The highest BCUT2D eigenvalue weighted by molar-refractivity contribution is 7.16. The molecule has 1 fully saturated rings. The van der Waals surface area contributed by atoms with Crippen LogP contribution in [-0.2, 0) is 17.6 Å². The molecule has 1 N–H and O–H groups in total. The molecule has 21 heavy (non-hydrogen) atoms. The summed E-state index contributed by atoms with van der Waals surface area (Å²) < 4.78 is 5.35. The Kier molecular flexibility index (Phi) is 2.86. The van der Waals surface area contributed by atoms with E-state index in [1.807, 2.05) is 12.1 Å². The number of furan rings is 1. The van der Waals surface area contributed by atoms with Gasteiger partial charge in [-0.15, -0.1) is 11.3 Å². The van der Waals surface area contributed by atoms with Gasteiger partial charge in [0.05, 0.1) is 11.8 Å². The van der Waals surface area contributed by atoms with Crippen molar-refractivity contribution < 1.29 is 9.21 Å². The molecule has 1 saturated carbocycles. The Morgan fingerprint density at radius 1 is 1.48 bits per heavy atom. The molecule has 2 aromatic heterocycles. The fourth-order valence-electron chi connectivity index (χ4n) is 3.12. The van der Waals surface area contributed by atoms with Gasteiger partial charge in [0.2, 0.25) is 5.91 Å². The summed E-state index contributed by atoms with van der Waals surface area (Å²) in [5.74, 6) is 1.05. The van der Waals surface area contributed by atoms with Crippen molar-refractivity contribution in [3.05, 3.63) is 40.2 Å². The third-order valence-corrected chi connectivity index (χ3v) is 5.51. The van der Waals surface area contributed by atoms with Crippen LogP contribution in [0.5, 0.6) is 0 Å². The van der Waals surface area contributed by atoms with Crippen LogP contribution in [0.15, 0.2) is 22.8 Å². The molecule has 2 aliphatic rings. The molecule has 2 unspecified atom stereocenters. The van der Waals surface area contributed by atoms with Crippen molar-refractivity contribution in [2.75, 3.05) is 5.32 Å². The van der Waals surface area contributed by atoms with Gasteiger partial charge in [0.1, 0.15) is 16.8 Å². The van der Waals surface area contributed by atoms with Crippen LogP contribution < -0.4 is 5.32 Å². The Labute approximate surface area is 126 Å². The molecule has 0 radical (unpaired) electrons. The van der Waals surface area contributed by atoms with Crippen molar-refractivity contribution in [2.24, 2.45) is 5.92 Å². The van der Waals surface area contributed by atoms with Gasteiger partial charge in [0.25, 0.3) is 0 Å². The van der Waals surface area contributed by atoms with Crippen molar-refractivity contribution in [1.29, 1.82) is 5.26 Å². The average molecular weight is 298 g/mol. The van der Waals surface area contributed by atoms with Crippen molar-refractivity contribution in [1.82, 2.24) is 0 Å². The smallest absolute Gasteiger partial charge is 0.228 e. The second-order valence-corrected chi connectivity index (χ2v) is 6.73. The average Bonchev–Trinajstić information content (AvgIpc) is 2.84. The predicted molar refractivity (Wildman–Crippen MR) is 79.2 cm³/mol. The Bertz CT molecular complexity index is 739. The maximum atomic E-state index is 12.3. The molecule has 0 bridgehead atoms. The van der Waals surface area contributed by atoms with Crippen LogP contribution in [0.1, 0.15) is 40.5 Å². The van der Waals surface area contributed by atoms with E-state index < -0.39 is 0 Å². The summed E-state index contributed by atoms with van der Waals surface area (Å²) in [5, 5.41) is 13.0. The summed E-state index contributed by atoms with van der Waals surface area (Å²) in [6.45, 7) is 0. The Hall–Kier alpha value is -2.06. The van der Waals surface area contributed by atoms with E-state index in [0.717, 1.165) is 42.0 Å². The van der Waals surface area contributed by atoms with E-state index in [2.05, 4.69) is 11.4 Å². The standard InChI is InChI=1S/C16H14N2O2S/c17-8-12-9-3-1-5-14(9)21-16(12)18-15(19)11-7-10(11)13-4-2-6-20-13/h2,4,6,10-11H,1,3,5,7H2,(H,18,19). The minimum atomic E-state index is -0.0281. The molecule has 2 atom stereocenters. The highest BCUT2D eigenvalue weighted by Crippen LogP contribution is 2.48. The number of carbonyl (C=O) groups is 1.